The second-order valence-corrected chi connectivity index (χ2v) is 7.37. The highest BCUT2D eigenvalue weighted by atomic mass is 127. The Kier molecular flexibility index (Phi) is 10.0. The van der Waals surface area contributed by atoms with Crippen LogP contribution in [0.25, 0.3) is 0 Å². The minimum Gasteiger partial charge on any atom is -0.357 e. The van der Waals surface area contributed by atoms with Gasteiger partial charge in [0.25, 0.3) is 0 Å². The highest BCUT2D eigenvalue weighted by molar-refractivity contribution is 14.0. The van der Waals surface area contributed by atoms with Crippen LogP contribution in [0.4, 0.5) is 0 Å². The average Bonchev–Trinajstić information content (AvgIpc) is 3.13. The van der Waals surface area contributed by atoms with Crippen LogP contribution in [0.2, 0.25) is 0 Å². The zero-order valence-corrected chi connectivity index (χ0v) is 17.6. The molecule has 1 atom stereocenters. The van der Waals surface area contributed by atoms with Crippen LogP contribution in [0, 0.1) is 12.8 Å². The van der Waals surface area contributed by atoms with Crippen LogP contribution in [0.1, 0.15) is 36.6 Å². The van der Waals surface area contributed by atoms with Crippen molar-refractivity contribution in [3.05, 3.63) is 16.1 Å². The van der Waals surface area contributed by atoms with Crippen molar-refractivity contribution in [1.82, 2.24) is 20.5 Å². The van der Waals surface area contributed by atoms with Gasteiger partial charge in [-0.1, -0.05) is 6.92 Å². The molecular formula is C16H30IN5S. The number of aryl methyl sites for hydroxylation is 1. The average molecular weight is 451 g/mol. The van der Waals surface area contributed by atoms with Gasteiger partial charge in [-0.3, -0.25) is 0 Å². The van der Waals surface area contributed by atoms with Gasteiger partial charge in [0.1, 0.15) is 5.01 Å². The summed E-state index contributed by atoms with van der Waals surface area (Å²) in [6.07, 6.45) is 4.63. The number of halogens is 1. The van der Waals surface area contributed by atoms with Crippen LogP contribution in [0.5, 0.6) is 0 Å². The van der Waals surface area contributed by atoms with Gasteiger partial charge in [-0.15, -0.1) is 35.3 Å². The van der Waals surface area contributed by atoms with Crippen molar-refractivity contribution in [3.63, 3.8) is 0 Å². The largest absolute Gasteiger partial charge is 0.357 e. The van der Waals surface area contributed by atoms with Crippen molar-refractivity contribution in [1.29, 1.82) is 0 Å². The predicted molar refractivity (Wildman–Crippen MR) is 110 cm³/mol. The van der Waals surface area contributed by atoms with Crippen LogP contribution in [0.3, 0.4) is 0 Å². The monoisotopic (exact) mass is 451 g/mol. The number of nitrogens with zero attached hydrogens (tertiary/aromatic N) is 3. The molecule has 2 heterocycles. The van der Waals surface area contributed by atoms with Crippen molar-refractivity contribution < 1.29 is 0 Å². The van der Waals surface area contributed by atoms with E-state index in [0.717, 1.165) is 24.1 Å². The van der Waals surface area contributed by atoms with Gasteiger partial charge in [0.15, 0.2) is 5.96 Å². The standard InChI is InChI=1S/C16H29N5S.HI/c1-4-17-16(20-11-15-18-10-14(3)22-15)19-9-13(2)12-21-7-5-6-8-21;/h10,13H,4-9,11-12H2,1-3H3,(H2,17,19,20);1H. The summed E-state index contributed by atoms with van der Waals surface area (Å²) in [6, 6.07) is 0. The first-order chi connectivity index (χ1) is 10.7. The molecule has 1 aliphatic heterocycles. The molecule has 0 bridgehead atoms. The Hall–Kier alpha value is -0.410. The predicted octanol–water partition coefficient (Wildman–Crippen LogP) is 2.86. The Balaban J connectivity index is 0.00000264. The Morgan fingerprint density at radius 3 is 2.74 bits per heavy atom. The van der Waals surface area contributed by atoms with E-state index in [4.69, 9.17) is 0 Å². The fourth-order valence-corrected chi connectivity index (χ4v) is 3.42. The van der Waals surface area contributed by atoms with E-state index in [1.54, 1.807) is 11.3 Å². The summed E-state index contributed by atoms with van der Waals surface area (Å²) >= 11 is 1.71. The molecule has 0 aliphatic carbocycles. The SMILES string of the molecule is CCNC(=NCc1ncc(C)s1)NCC(C)CN1CCCC1.I. The maximum Gasteiger partial charge on any atom is 0.191 e. The molecule has 23 heavy (non-hydrogen) atoms. The molecule has 0 radical (unpaired) electrons. The molecule has 0 amide bonds. The number of likely N-dealkylation sites (tertiary alicyclic amines) is 1. The number of rotatable bonds is 7. The van der Waals surface area contributed by atoms with Crippen molar-refractivity contribution >= 4 is 41.3 Å². The maximum atomic E-state index is 4.63. The molecule has 2 rings (SSSR count). The number of guanidine groups is 1. The van der Waals surface area contributed by atoms with E-state index in [-0.39, 0.29) is 24.0 Å². The summed E-state index contributed by atoms with van der Waals surface area (Å²) in [5.74, 6) is 1.52. The summed E-state index contributed by atoms with van der Waals surface area (Å²) in [4.78, 5) is 12.8. The molecule has 1 fully saturated rings. The Morgan fingerprint density at radius 1 is 1.39 bits per heavy atom. The first-order valence-electron chi connectivity index (χ1n) is 8.33. The summed E-state index contributed by atoms with van der Waals surface area (Å²) in [6.45, 7) is 12.7. The normalized spacial score (nSPS) is 16.9. The second kappa shape index (κ2) is 11.2. The Morgan fingerprint density at radius 2 is 2.13 bits per heavy atom. The van der Waals surface area contributed by atoms with Gasteiger partial charge >= 0.3 is 0 Å². The first-order valence-corrected chi connectivity index (χ1v) is 9.15. The highest BCUT2D eigenvalue weighted by Crippen LogP contribution is 2.12. The third kappa shape index (κ3) is 7.80. The van der Waals surface area contributed by atoms with Crippen molar-refractivity contribution in [2.75, 3.05) is 32.7 Å². The third-order valence-corrected chi connectivity index (χ3v) is 4.67. The van der Waals surface area contributed by atoms with E-state index in [0.29, 0.717) is 12.5 Å². The van der Waals surface area contributed by atoms with Gasteiger partial charge < -0.3 is 15.5 Å². The molecular weight excluding hydrogens is 421 g/mol. The van der Waals surface area contributed by atoms with Crippen LogP contribution in [-0.2, 0) is 6.54 Å². The number of aromatic nitrogens is 1. The molecule has 1 aromatic heterocycles. The van der Waals surface area contributed by atoms with Crippen molar-refractivity contribution in [2.24, 2.45) is 10.9 Å². The number of thiazole rings is 1. The highest BCUT2D eigenvalue weighted by Gasteiger charge is 2.14. The van der Waals surface area contributed by atoms with Crippen LogP contribution < -0.4 is 10.6 Å². The van der Waals surface area contributed by atoms with E-state index >= 15 is 0 Å². The summed E-state index contributed by atoms with van der Waals surface area (Å²) in [5, 5.41) is 7.84. The van der Waals surface area contributed by atoms with Gasteiger partial charge in [-0.05, 0) is 45.7 Å². The molecule has 0 aromatic carbocycles. The summed E-state index contributed by atoms with van der Waals surface area (Å²) in [5.41, 5.74) is 0. The lowest BCUT2D eigenvalue weighted by Crippen LogP contribution is -2.41. The molecule has 132 valence electrons. The fraction of sp³-hybridized carbons (Fsp3) is 0.750. The molecule has 0 saturated carbocycles. The molecule has 5 nitrogen and oxygen atoms in total. The minimum absolute atomic E-state index is 0. The van der Waals surface area contributed by atoms with Crippen LogP contribution in [-0.4, -0.2) is 48.6 Å². The Labute approximate surface area is 161 Å². The van der Waals surface area contributed by atoms with Gasteiger partial charge in [0, 0.05) is 30.7 Å². The number of aliphatic imine (C=N–C) groups is 1. The van der Waals surface area contributed by atoms with Crippen LogP contribution in [0.15, 0.2) is 11.2 Å². The summed E-state index contributed by atoms with van der Waals surface area (Å²) < 4.78 is 0. The molecule has 2 N–H and O–H groups in total. The zero-order valence-electron chi connectivity index (χ0n) is 14.5. The molecule has 1 unspecified atom stereocenters. The van der Waals surface area contributed by atoms with E-state index in [2.05, 4.69) is 46.3 Å². The van der Waals surface area contributed by atoms with E-state index in [9.17, 15) is 0 Å². The quantitative estimate of drug-likeness (QED) is 0.381. The zero-order chi connectivity index (χ0) is 15.8. The molecule has 1 aromatic rings. The number of hydrogen-bond donors (Lipinski definition) is 2. The number of nitrogens with one attached hydrogen (secondary N) is 2. The lowest BCUT2D eigenvalue weighted by Gasteiger charge is -2.21. The molecule has 0 spiro atoms. The minimum atomic E-state index is 0. The van der Waals surface area contributed by atoms with Crippen LogP contribution >= 0.6 is 35.3 Å². The van der Waals surface area contributed by atoms with E-state index < -0.39 is 0 Å². The lowest BCUT2D eigenvalue weighted by atomic mass is 10.1. The third-order valence-electron chi connectivity index (χ3n) is 3.77. The molecule has 7 heteroatoms. The maximum absolute atomic E-state index is 4.63. The smallest absolute Gasteiger partial charge is 0.191 e. The van der Waals surface area contributed by atoms with Gasteiger partial charge in [0.05, 0.1) is 6.54 Å². The first kappa shape index (κ1) is 20.6. The second-order valence-electron chi connectivity index (χ2n) is 6.05. The van der Waals surface area contributed by atoms with E-state index in [1.165, 1.54) is 37.4 Å². The van der Waals surface area contributed by atoms with Gasteiger partial charge in [-0.2, -0.15) is 0 Å². The summed E-state index contributed by atoms with van der Waals surface area (Å²) in [7, 11) is 0. The molecule has 1 saturated heterocycles. The fourth-order valence-electron chi connectivity index (χ4n) is 2.70. The lowest BCUT2D eigenvalue weighted by molar-refractivity contribution is 0.287. The van der Waals surface area contributed by atoms with Crippen molar-refractivity contribution in [3.8, 4) is 0 Å². The van der Waals surface area contributed by atoms with Gasteiger partial charge in [0.2, 0.25) is 0 Å². The van der Waals surface area contributed by atoms with Crippen molar-refractivity contribution in [2.45, 2.75) is 40.2 Å². The Bertz CT molecular complexity index is 471. The van der Waals surface area contributed by atoms with Gasteiger partial charge in [-0.25, -0.2) is 9.98 Å². The molecule has 1 aliphatic rings. The van der Waals surface area contributed by atoms with E-state index in [1.807, 2.05) is 6.20 Å². The topological polar surface area (TPSA) is 52.6 Å². The number of hydrogen-bond acceptors (Lipinski definition) is 4.